The van der Waals surface area contributed by atoms with E-state index in [4.69, 9.17) is 9.63 Å². The molecule has 0 spiro atoms. The lowest BCUT2D eigenvalue weighted by atomic mass is 10.0. The maximum atomic E-state index is 11.8. The third-order valence-electron chi connectivity index (χ3n) is 4.83. The summed E-state index contributed by atoms with van der Waals surface area (Å²) in [5.74, 6) is -1.92. The molecule has 1 unspecified atom stereocenters. The minimum absolute atomic E-state index is 0.0731. The molecule has 0 aromatic rings. The molecule has 0 aliphatic heterocycles. The molecule has 3 N–H and O–H groups in total. The van der Waals surface area contributed by atoms with Crippen molar-refractivity contribution in [3.63, 3.8) is 0 Å². The molecular weight excluding hydrogens is 409 g/mol. The molecule has 0 aromatic carbocycles. The number of phosphoric acid groups is 1. The molecule has 8 nitrogen and oxygen atoms in total. The van der Waals surface area contributed by atoms with Crippen LogP contribution in [-0.2, 0) is 23.2 Å². The molecule has 0 rings (SSSR count). The standard InChI is InChI=1S/C21H42NO7P/c1-3-4-5-6-7-8-9-10-11-12-13-14-15-16-17-28-30(26,27)29-18-20(21(24)25)22-19(2)23/h20H,3-18H2,1-2H3,(H,22,23)(H,24,25)(H,26,27)/t20-/m1/s1. The molecule has 0 saturated carbocycles. The van der Waals surface area contributed by atoms with Crippen molar-refractivity contribution in [1.29, 1.82) is 0 Å². The van der Waals surface area contributed by atoms with Gasteiger partial charge in [-0.1, -0.05) is 90.4 Å². The summed E-state index contributed by atoms with van der Waals surface area (Å²) < 4.78 is 21.3. The Morgan fingerprint density at radius 3 is 1.67 bits per heavy atom. The van der Waals surface area contributed by atoms with Crippen LogP contribution in [0.3, 0.4) is 0 Å². The van der Waals surface area contributed by atoms with Crippen LogP contribution in [0.5, 0.6) is 0 Å². The van der Waals surface area contributed by atoms with E-state index < -0.39 is 32.3 Å². The smallest absolute Gasteiger partial charge is 0.472 e. The summed E-state index contributed by atoms with van der Waals surface area (Å²) in [7, 11) is -4.33. The fourth-order valence-electron chi connectivity index (χ4n) is 3.10. The average molecular weight is 452 g/mol. The molecular formula is C21H42NO7P. The van der Waals surface area contributed by atoms with Gasteiger partial charge in [-0.3, -0.25) is 13.8 Å². The zero-order chi connectivity index (χ0) is 22.7. The van der Waals surface area contributed by atoms with Crippen LogP contribution in [0.4, 0.5) is 0 Å². The first-order chi connectivity index (χ1) is 14.3. The second kappa shape index (κ2) is 18.8. The molecule has 178 valence electrons. The molecule has 0 aliphatic rings. The predicted molar refractivity (Wildman–Crippen MR) is 117 cm³/mol. The number of carboxylic acids is 1. The summed E-state index contributed by atoms with van der Waals surface area (Å²) in [5.41, 5.74) is 0. The highest BCUT2D eigenvalue weighted by atomic mass is 31.2. The molecule has 1 amide bonds. The number of unbranched alkanes of at least 4 members (excludes halogenated alkanes) is 13. The monoisotopic (exact) mass is 451 g/mol. The van der Waals surface area contributed by atoms with Gasteiger partial charge < -0.3 is 15.3 Å². The largest absolute Gasteiger partial charge is 0.480 e. The molecule has 9 heteroatoms. The molecule has 0 heterocycles. The second-order valence-corrected chi connectivity index (χ2v) is 9.24. The van der Waals surface area contributed by atoms with E-state index in [9.17, 15) is 19.0 Å². The molecule has 0 fully saturated rings. The van der Waals surface area contributed by atoms with Gasteiger partial charge in [0.05, 0.1) is 13.2 Å². The van der Waals surface area contributed by atoms with Crippen LogP contribution in [0.1, 0.15) is 104 Å². The quantitative estimate of drug-likeness (QED) is 0.162. The van der Waals surface area contributed by atoms with Crippen molar-refractivity contribution in [1.82, 2.24) is 5.32 Å². The van der Waals surface area contributed by atoms with Crippen LogP contribution in [0, 0.1) is 0 Å². The minimum Gasteiger partial charge on any atom is -0.480 e. The first-order valence-corrected chi connectivity index (χ1v) is 12.9. The fraction of sp³-hybridized carbons (Fsp3) is 0.905. The Hall–Kier alpha value is -0.950. The van der Waals surface area contributed by atoms with E-state index in [1.165, 1.54) is 64.2 Å². The van der Waals surface area contributed by atoms with Gasteiger partial charge in [-0.05, 0) is 6.42 Å². The molecule has 30 heavy (non-hydrogen) atoms. The summed E-state index contributed by atoms with van der Waals surface area (Å²) in [6, 6.07) is -1.40. The highest BCUT2D eigenvalue weighted by Gasteiger charge is 2.26. The third kappa shape index (κ3) is 19.0. The Labute approximate surface area is 181 Å². The zero-order valence-electron chi connectivity index (χ0n) is 18.8. The minimum atomic E-state index is -4.33. The lowest BCUT2D eigenvalue weighted by Gasteiger charge is -2.16. The van der Waals surface area contributed by atoms with Gasteiger partial charge in [-0.15, -0.1) is 0 Å². The number of carbonyl (C=O) groups is 2. The van der Waals surface area contributed by atoms with E-state index in [2.05, 4.69) is 16.8 Å². The Bertz CT molecular complexity index is 502. The van der Waals surface area contributed by atoms with Crippen molar-refractivity contribution in [3.05, 3.63) is 0 Å². The zero-order valence-corrected chi connectivity index (χ0v) is 19.7. The van der Waals surface area contributed by atoms with Crippen LogP contribution in [0.2, 0.25) is 0 Å². The fourth-order valence-corrected chi connectivity index (χ4v) is 3.87. The summed E-state index contributed by atoms with van der Waals surface area (Å²) in [4.78, 5) is 31.5. The number of rotatable bonds is 21. The molecule has 2 atom stereocenters. The van der Waals surface area contributed by atoms with Gasteiger partial charge in [0, 0.05) is 6.92 Å². The number of hydrogen-bond donors (Lipinski definition) is 3. The van der Waals surface area contributed by atoms with E-state index in [-0.39, 0.29) is 6.61 Å². The van der Waals surface area contributed by atoms with Crippen molar-refractivity contribution >= 4 is 19.7 Å². The van der Waals surface area contributed by atoms with Crippen LogP contribution >= 0.6 is 7.82 Å². The number of nitrogens with one attached hydrogen (secondary N) is 1. The predicted octanol–water partition coefficient (Wildman–Crippen LogP) is 5.19. The van der Waals surface area contributed by atoms with Crippen LogP contribution < -0.4 is 5.32 Å². The summed E-state index contributed by atoms with van der Waals surface area (Å²) in [6.07, 6.45) is 17.0. The van der Waals surface area contributed by atoms with Crippen molar-refractivity contribution < 1.29 is 33.2 Å². The average Bonchev–Trinajstić information content (AvgIpc) is 2.67. The van der Waals surface area contributed by atoms with Gasteiger partial charge in [0.25, 0.3) is 0 Å². The number of hydrogen-bond acceptors (Lipinski definition) is 5. The topological polar surface area (TPSA) is 122 Å². The van der Waals surface area contributed by atoms with Crippen molar-refractivity contribution in [2.24, 2.45) is 0 Å². The lowest BCUT2D eigenvalue weighted by molar-refractivity contribution is -0.142. The van der Waals surface area contributed by atoms with E-state index in [1.807, 2.05) is 0 Å². The normalized spacial score (nSPS) is 14.2. The van der Waals surface area contributed by atoms with E-state index >= 15 is 0 Å². The van der Waals surface area contributed by atoms with Gasteiger partial charge in [0.1, 0.15) is 0 Å². The van der Waals surface area contributed by atoms with Crippen LogP contribution in [0.25, 0.3) is 0 Å². The summed E-state index contributed by atoms with van der Waals surface area (Å²) in [6.45, 7) is 2.83. The SMILES string of the molecule is CCCCCCCCCCCCCCCCOP(=O)(O)OC[C@@H](NC(C)=O)C(=O)O. The van der Waals surface area contributed by atoms with Crippen LogP contribution in [0.15, 0.2) is 0 Å². The van der Waals surface area contributed by atoms with Gasteiger partial charge in [0.15, 0.2) is 6.04 Å². The van der Waals surface area contributed by atoms with E-state index in [1.54, 1.807) is 0 Å². The van der Waals surface area contributed by atoms with Gasteiger partial charge in [0.2, 0.25) is 5.91 Å². The number of aliphatic carboxylic acids is 1. The first kappa shape index (κ1) is 29.1. The van der Waals surface area contributed by atoms with Crippen molar-refractivity contribution in [2.45, 2.75) is 110 Å². The molecule has 0 bridgehead atoms. The summed E-state index contributed by atoms with van der Waals surface area (Å²) >= 11 is 0. The lowest BCUT2D eigenvalue weighted by Crippen LogP contribution is -2.42. The Morgan fingerprint density at radius 2 is 1.27 bits per heavy atom. The Kier molecular flexibility index (Phi) is 18.2. The molecule has 0 aromatic heterocycles. The highest BCUT2D eigenvalue weighted by Crippen LogP contribution is 2.43. The number of phosphoric ester groups is 1. The van der Waals surface area contributed by atoms with Crippen LogP contribution in [-0.4, -0.2) is 41.1 Å². The number of carboxylic acid groups (broad SMARTS) is 1. The maximum Gasteiger partial charge on any atom is 0.472 e. The second-order valence-electron chi connectivity index (χ2n) is 7.79. The van der Waals surface area contributed by atoms with Gasteiger partial charge in [-0.2, -0.15) is 0 Å². The Morgan fingerprint density at radius 1 is 0.833 bits per heavy atom. The number of carbonyl (C=O) groups excluding carboxylic acids is 1. The molecule has 0 aliphatic carbocycles. The molecule has 0 saturated heterocycles. The van der Waals surface area contributed by atoms with E-state index in [0.717, 1.165) is 26.2 Å². The van der Waals surface area contributed by atoms with E-state index in [0.29, 0.717) is 6.42 Å². The van der Waals surface area contributed by atoms with Gasteiger partial charge >= 0.3 is 13.8 Å². The number of amides is 1. The molecule has 0 radical (unpaired) electrons. The highest BCUT2D eigenvalue weighted by molar-refractivity contribution is 7.47. The van der Waals surface area contributed by atoms with Crippen molar-refractivity contribution in [2.75, 3.05) is 13.2 Å². The van der Waals surface area contributed by atoms with Crippen molar-refractivity contribution in [3.8, 4) is 0 Å². The van der Waals surface area contributed by atoms with Gasteiger partial charge in [-0.25, -0.2) is 9.36 Å². The summed E-state index contributed by atoms with van der Waals surface area (Å²) in [5, 5.41) is 11.1. The third-order valence-corrected chi connectivity index (χ3v) is 5.82. The Balaban J connectivity index is 3.57. The maximum absolute atomic E-state index is 11.8. The first-order valence-electron chi connectivity index (χ1n) is 11.4.